The summed E-state index contributed by atoms with van der Waals surface area (Å²) in [5.74, 6) is -0.306. The van der Waals surface area contributed by atoms with E-state index >= 15 is 0 Å². The van der Waals surface area contributed by atoms with Crippen LogP contribution in [0.25, 0.3) is 11.0 Å². The van der Waals surface area contributed by atoms with Gasteiger partial charge in [0.05, 0.1) is 16.6 Å². The molecule has 20 heavy (non-hydrogen) atoms. The largest absolute Gasteiger partial charge is 0.437 e. The lowest BCUT2D eigenvalue weighted by molar-refractivity contribution is 0.628. The van der Waals surface area contributed by atoms with Crippen molar-refractivity contribution < 1.29 is 8.81 Å². The van der Waals surface area contributed by atoms with Crippen LogP contribution in [0.4, 0.5) is 21.6 Å². The molecule has 0 aliphatic carbocycles. The summed E-state index contributed by atoms with van der Waals surface area (Å²) in [5, 5.41) is 4.05. The molecule has 0 saturated carbocycles. The normalized spacial score (nSPS) is 10.9. The van der Waals surface area contributed by atoms with Crippen molar-refractivity contribution >= 4 is 51.4 Å². The van der Waals surface area contributed by atoms with Gasteiger partial charge in [0.2, 0.25) is 5.88 Å². The first kappa shape index (κ1) is 13.0. The fourth-order valence-electron chi connectivity index (χ4n) is 1.84. The second-order valence-corrected chi connectivity index (χ2v) is 4.89. The number of nitrogens with one attached hydrogen (secondary N) is 1. The average Bonchev–Trinajstić information content (AvgIpc) is 2.70. The van der Waals surface area contributed by atoms with Gasteiger partial charge in [-0.15, -0.1) is 0 Å². The minimum absolute atomic E-state index is 0.0149. The van der Waals surface area contributed by atoms with E-state index in [0.29, 0.717) is 27.5 Å². The van der Waals surface area contributed by atoms with Gasteiger partial charge >= 0.3 is 0 Å². The van der Waals surface area contributed by atoms with E-state index in [9.17, 15) is 4.39 Å². The summed E-state index contributed by atoms with van der Waals surface area (Å²) < 4.78 is 18.5. The van der Waals surface area contributed by atoms with Crippen LogP contribution < -0.4 is 11.1 Å². The van der Waals surface area contributed by atoms with Crippen LogP contribution in [-0.4, -0.2) is 4.98 Å². The van der Waals surface area contributed by atoms with E-state index in [1.54, 1.807) is 12.1 Å². The lowest BCUT2D eigenvalue weighted by Gasteiger charge is -2.06. The number of fused-ring (bicyclic) bond motifs is 1. The summed E-state index contributed by atoms with van der Waals surface area (Å²) in [5.41, 5.74) is 7.43. The lowest BCUT2D eigenvalue weighted by atomic mass is 10.2. The number of aromatic nitrogens is 1. The molecule has 0 unspecified atom stereocenters. The average molecular weight is 312 g/mol. The van der Waals surface area contributed by atoms with Crippen LogP contribution in [0.5, 0.6) is 0 Å². The fourth-order valence-corrected chi connectivity index (χ4v) is 2.18. The summed E-state index contributed by atoms with van der Waals surface area (Å²) in [7, 11) is 0. The third-order valence-electron chi connectivity index (χ3n) is 2.76. The van der Waals surface area contributed by atoms with Crippen LogP contribution in [0.15, 0.2) is 34.9 Å². The van der Waals surface area contributed by atoms with Gasteiger partial charge < -0.3 is 15.5 Å². The van der Waals surface area contributed by atoms with Gasteiger partial charge in [0, 0.05) is 5.69 Å². The molecule has 3 rings (SSSR count). The second kappa shape index (κ2) is 4.85. The van der Waals surface area contributed by atoms with Gasteiger partial charge in [-0.25, -0.2) is 9.37 Å². The molecule has 2 heterocycles. The van der Waals surface area contributed by atoms with Crippen molar-refractivity contribution in [1.29, 1.82) is 0 Å². The Hall–Kier alpha value is -1.98. The number of hydrogen-bond donors (Lipinski definition) is 2. The van der Waals surface area contributed by atoms with Crippen molar-refractivity contribution in [2.24, 2.45) is 0 Å². The zero-order valence-electron chi connectivity index (χ0n) is 9.95. The molecule has 1 aromatic carbocycles. The van der Waals surface area contributed by atoms with E-state index in [2.05, 4.69) is 10.3 Å². The summed E-state index contributed by atoms with van der Waals surface area (Å²) in [6.07, 6.45) is 1.48. The molecule has 0 saturated heterocycles. The SMILES string of the molecule is Nc1oc2cnc(Cl)cc2c1Nc1ccc(F)c(Cl)c1. The molecular formula is C13H8Cl2FN3O. The molecule has 0 fully saturated rings. The Kier molecular flexibility index (Phi) is 3.16. The number of pyridine rings is 1. The maximum absolute atomic E-state index is 13.1. The Morgan fingerprint density at radius 3 is 2.80 bits per heavy atom. The highest BCUT2D eigenvalue weighted by Crippen LogP contribution is 2.36. The quantitative estimate of drug-likeness (QED) is 0.679. The standard InChI is InChI=1S/C13H8Cl2FN3O/c14-8-3-6(1-2-9(8)16)19-12-7-4-11(15)18-5-10(7)20-13(12)17/h1-5,19H,17H2. The van der Waals surface area contributed by atoms with Gasteiger partial charge in [0.25, 0.3) is 0 Å². The highest BCUT2D eigenvalue weighted by molar-refractivity contribution is 6.31. The van der Waals surface area contributed by atoms with E-state index in [-0.39, 0.29) is 10.9 Å². The van der Waals surface area contributed by atoms with Gasteiger partial charge in [-0.2, -0.15) is 0 Å². The Balaban J connectivity index is 2.07. The molecule has 0 aliphatic heterocycles. The van der Waals surface area contributed by atoms with E-state index in [0.717, 1.165) is 0 Å². The van der Waals surface area contributed by atoms with Crippen molar-refractivity contribution in [2.45, 2.75) is 0 Å². The topological polar surface area (TPSA) is 64.1 Å². The third kappa shape index (κ3) is 2.26. The molecule has 4 nitrogen and oxygen atoms in total. The first-order valence-electron chi connectivity index (χ1n) is 5.60. The smallest absolute Gasteiger partial charge is 0.215 e. The molecule has 0 bridgehead atoms. The monoisotopic (exact) mass is 311 g/mol. The number of hydrogen-bond acceptors (Lipinski definition) is 4. The first-order valence-corrected chi connectivity index (χ1v) is 6.36. The maximum atomic E-state index is 13.1. The Morgan fingerprint density at radius 1 is 1.25 bits per heavy atom. The minimum atomic E-state index is -0.491. The number of nitrogens with two attached hydrogens (primary N) is 1. The minimum Gasteiger partial charge on any atom is -0.437 e. The molecule has 0 atom stereocenters. The van der Waals surface area contributed by atoms with E-state index < -0.39 is 5.82 Å². The molecule has 0 aliphatic rings. The number of benzene rings is 1. The predicted octanol–water partition coefficient (Wildman–Crippen LogP) is 4.60. The van der Waals surface area contributed by atoms with E-state index in [4.69, 9.17) is 33.4 Å². The van der Waals surface area contributed by atoms with Gasteiger partial charge in [-0.3, -0.25) is 0 Å². The maximum Gasteiger partial charge on any atom is 0.215 e. The van der Waals surface area contributed by atoms with Gasteiger partial charge in [0.1, 0.15) is 16.7 Å². The van der Waals surface area contributed by atoms with Crippen molar-refractivity contribution in [3.63, 3.8) is 0 Å². The zero-order valence-corrected chi connectivity index (χ0v) is 11.5. The number of nitrogen functional groups attached to an aromatic ring is 1. The zero-order chi connectivity index (χ0) is 14.3. The van der Waals surface area contributed by atoms with Crippen molar-refractivity contribution in [3.05, 3.63) is 46.5 Å². The van der Waals surface area contributed by atoms with Crippen LogP contribution in [0.3, 0.4) is 0 Å². The van der Waals surface area contributed by atoms with E-state index in [1.807, 2.05) is 0 Å². The molecule has 102 valence electrons. The van der Waals surface area contributed by atoms with Crippen LogP contribution in [-0.2, 0) is 0 Å². The van der Waals surface area contributed by atoms with Gasteiger partial charge in [-0.1, -0.05) is 23.2 Å². The highest BCUT2D eigenvalue weighted by Gasteiger charge is 2.13. The van der Waals surface area contributed by atoms with Gasteiger partial charge in [-0.05, 0) is 24.3 Å². The summed E-state index contributed by atoms with van der Waals surface area (Å²) in [6.45, 7) is 0. The molecule has 2 aromatic heterocycles. The number of rotatable bonds is 2. The molecule has 3 N–H and O–H groups in total. The fraction of sp³-hybridized carbons (Fsp3) is 0. The summed E-state index contributed by atoms with van der Waals surface area (Å²) in [6, 6.07) is 5.89. The van der Waals surface area contributed by atoms with Crippen molar-refractivity contribution in [2.75, 3.05) is 11.1 Å². The third-order valence-corrected chi connectivity index (χ3v) is 3.25. The summed E-state index contributed by atoms with van der Waals surface area (Å²) >= 11 is 11.6. The molecule has 0 spiro atoms. The molecule has 0 radical (unpaired) electrons. The second-order valence-electron chi connectivity index (χ2n) is 4.10. The Bertz CT molecular complexity index is 804. The summed E-state index contributed by atoms with van der Waals surface area (Å²) in [4.78, 5) is 3.91. The van der Waals surface area contributed by atoms with Crippen LogP contribution >= 0.6 is 23.2 Å². The molecule has 3 aromatic rings. The van der Waals surface area contributed by atoms with Crippen LogP contribution in [0.2, 0.25) is 10.2 Å². The van der Waals surface area contributed by atoms with E-state index in [1.165, 1.54) is 18.3 Å². The van der Waals surface area contributed by atoms with Crippen molar-refractivity contribution in [3.8, 4) is 0 Å². The van der Waals surface area contributed by atoms with Crippen LogP contribution in [0, 0.1) is 5.82 Å². The van der Waals surface area contributed by atoms with Crippen LogP contribution in [0.1, 0.15) is 0 Å². The Labute approximate surface area is 123 Å². The number of nitrogens with zero attached hydrogens (tertiary/aromatic N) is 1. The highest BCUT2D eigenvalue weighted by atomic mass is 35.5. The van der Waals surface area contributed by atoms with Gasteiger partial charge in [0.15, 0.2) is 5.58 Å². The van der Waals surface area contributed by atoms with Crippen molar-refractivity contribution in [1.82, 2.24) is 4.98 Å². The Morgan fingerprint density at radius 2 is 2.05 bits per heavy atom. The number of halogens is 3. The first-order chi connectivity index (χ1) is 9.54. The lowest BCUT2D eigenvalue weighted by Crippen LogP contribution is -1.94. The number of anilines is 3. The number of furan rings is 1. The molecule has 7 heteroatoms. The molecule has 0 amide bonds. The predicted molar refractivity (Wildman–Crippen MR) is 78.1 cm³/mol. The molecular weight excluding hydrogens is 304 g/mol.